The van der Waals surface area contributed by atoms with Gasteiger partial charge in [0, 0.05) is 18.3 Å². The second-order valence-corrected chi connectivity index (χ2v) is 6.24. The average molecular weight is 293 g/mol. The van der Waals surface area contributed by atoms with E-state index in [9.17, 15) is 9.59 Å². The Kier molecular flexibility index (Phi) is 5.06. The molecule has 1 aliphatic heterocycles. The number of carbonyl (C=O) groups is 2. The highest BCUT2D eigenvalue weighted by Gasteiger charge is 2.22. The van der Waals surface area contributed by atoms with E-state index in [-0.39, 0.29) is 17.5 Å². The van der Waals surface area contributed by atoms with Crippen molar-refractivity contribution in [2.75, 3.05) is 18.1 Å². The molecule has 1 aromatic carbocycles. The van der Waals surface area contributed by atoms with Crippen molar-refractivity contribution in [3.8, 4) is 0 Å². The molecule has 2 rings (SSSR count). The minimum atomic E-state index is -0.943. The molecule has 0 saturated carbocycles. The van der Waals surface area contributed by atoms with Crippen molar-refractivity contribution in [2.24, 2.45) is 0 Å². The fourth-order valence-electron chi connectivity index (χ4n) is 2.31. The van der Waals surface area contributed by atoms with Gasteiger partial charge in [-0.2, -0.15) is 11.8 Å². The molecule has 1 fully saturated rings. The topological polar surface area (TPSA) is 57.6 Å². The van der Waals surface area contributed by atoms with Crippen LogP contribution < -0.4 is 0 Å². The van der Waals surface area contributed by atoms with Crippen molar-refractivity contribution >= 4 is 23.6 Å². The lowest BCUT2D eigenvalue weighted by atomic mass is 10.1. The first-order valence-electron chi connectivity index (χ1n) is 6.77. The number of nitrogens with zero attached hydrogens (tertiary/aromatic N) is 1. The zero-order valence-corrected chi connectivity index (χ0v) is 12.4. The highest BCUT2D eigenvalue weighted by molar-refractivity contribution is 7.99. The number of carbonyl (C=O) groups excluding carboxylic acids is 1. The summed E-state index contributed by atoms with van der Waals surface area (Å²) in [7, 11) is 0. The second kappa shape index (κ2) is 6.79. The highest BCUT2D eigenvalue weighted by atomic mass is 32.2. The van der Waals surface area contributed by atoms with Gasteiger partial charge >= 0.3 is 5.97 Å². The molecule has 1 atom stereocenters. The Morgan fingerprint density at radius 1 is 1.30 bits per heavy atom. The summed E-state index contributed by atoms with van der Waals surface area (Å²) in [4.78, 5) is 25.1. The zero-order chi connectivity index (χ0) is 14.5. The van der Waals surface area contributed by atoms with Gasteiger partial charge in [-0.3, -0.25) is 4.79 Å². The van der Waals surface area contributed by atoms with Gasteiger partial charge in [0.1, 0.15) is 0 Å². The number of hydrogen-bond donors (Lipinski definition) is 1. The number of rotatable bonds is 3. The Bertz CT molecular complexity index is 486. The smallest absolute Gasteiger partial charge is 0.335 e. The maximum absolute atomic E-state index is 12.3. The summed E-state index contributed by atoms with van der Waals surface area (Å²) < 4.78 is 0. The third-order valence-corrected chi connectivity index (χ3v) is 4.56. The molecule has 1 N–H and O–H groups in total. The van der Waals surface area contributed by atoms with Crippen molar-refractivity contribution in [1.82, 2.24) is 4.90 Å². The lowest BCUT2D eigenvalue weighted by Crippen LogP contribution is -2.40. The number of benzene rings is 1. The summed E-state index contributed by atoms with van der Waals surface area (Å²) in [6.07, 6.45) is 1.38. The third-order valence-electron chi connectivity index (χ3n) is 3.57. The van der Waals surface area contributed by atoms with Gasteiger partial charge in [-0.15, -0.1) is 0 Å². The van der Waals surface area contributed by atoms with Crippen LogP contribution >= 0.6 is 11.8 Å². The van der Waals surface area contributed by atoms with E-state index in [1.807, 2.05) is 16.7 Å². The van der Waals surface area contributed by atoms with Gasteiger partial charge in [-0.05, 0) is 36.8 Å². The van der Waals surface area contributed by atoms with Crippen LogP contribution in [-0.2, 0) is 11.2 Å². The molecule has 1 unspecified atom stereocenters. The van der Waals surface area contributed by atoms with Crippen LogP contribution in [0.5, 0.6) is 0 Å². The minimum absolute atomic E-state index is 0.128. The molecule has 20 heavy (non-hydrogen) atoms. The number of hydrogen-bond acceptors (Lipinski definition) is 3. The summed E-state index contributed by atoms with van der Waals surface area (Å²) in [5, 5.41) is 8.85. The Hall–Kier alpha value is -1.49. The molecule has 1 aliphatic rings. The fraction of sp³-hybridized carbons (Fsp3) is 0.467. The van der Waals surface area contributed by atoms with Gasteiger partial charge in [-0.25, -0.2) is 4.79 Å². The van der Waals surface area contributed by atoms with E-state index < -0.39 is 5.97 Å². The van der Waals surface area contributed by atoms with Crippen LogP contribution in [0.4, 0.5) is 0 Å². The first-order chi connectivity index (χ1) is 9.58. The van der Waals surface area contributed by atoms with Crippen molar-refractivity contribution in [3.05, 3.63) is 35.4 Å². The summed E-state index contributed by atoms with van der Waals surface area (Å²) >= 11 is 1.89. The van der Waals surface area contributed by atoms with Gasteiger partial charge in [0.05, 0.1) is 12.0 Å². The molecule has 0 spiro atoms. The molecule has 4 nitrogen and oxygen atoms in total. The largest absolute Gasteiger partial charge is 0.478 e. The van der Waals surface area contributed by atoms with Crippen LogP contribution in [0.3, 0.4) is 0 Å². The summed E-state index contributed by atoms with van der Waals surface area (Å²) in [6, 6.07) is 6.83. The average Bonchev–Trinajstić information content (AvgIpc) is 2.64. The number of amides is 1. The molecule has 1 aromatic rings. The Morgan fingerprint density at radius 2 is 2.00 bits per heavy atom. The van der Waals surface area contributed by atoms with Crippen LogP contribution in [0.2, 0.25) is 0 Å². The minimum Gasteiger partial charge on any atom is -0.478 e. The highest BCUT2D eigenvalue weighted by Crippen LogP contribution is 2.17. The number of thioether (sulfide) groups is 1. The predicted molar refractivity (Wildman–Crippen MR) is 80.2 cm³/mol. The van der Waals surface area contributed by atoms with Crippen LogP contribution in [0.15, 0.2) is 24.3 Å². The van der Waals surface area contributed by atoms with Crippen molar-refractivity contribution in [3.63, 3.8) is 0 Å². The molecular weight excluding hydrogens is 274 g/mol. The van der Waals surface area contributed by atoms with Crippen LogP contribution in [0, 0.1) is 0 Å². The molecule has 0 bridgehead atoms. The van der Waals surface area contributed by atoms with E-state index in [1.165, 1.54) is 0 Å². The molecule has 0 radical (unpaired) electrons. The molecule has 108 valence electrons. The maximum atomic E-state index is 12.3. The lowest BCUT2D eigenvalue weighted by molar-refractivity contribution is -0.132. The quantitative estimate of drug-likeness (QED) is 0.929. The first-order valence-corrected chi connectivity index (χ1v) is 7.93. The molecule has 1 saturated heterocycles. The third kappa shape index (κ3) is 3.76. The first kappa shape index (κ1) is 14.9. The Morgan fingerprint density at radius 3 is 2.65 bits per heavy atom. The monoisotopic (exact) mass is 293 g/mol. The van der Waals surface area contributed by atoms with E-state index >= 15 is 0 Å². The van der Waals surface area contributed by atoms with Gasteiger partial charge in [0.25, 0.3) is 0 Å². The molecular formula is C15H19NO3S. The number of carboxylic acid groups (broad SMARTS) is 1. The normalized spacial score (nSPS) is 19.4. The van der Waals surface area contributed by atoms with E-state index in [4.69, 9.17) is 5.11 Å². The SMILES string of the molecule is CC1CCSCCN1C(=O)Cc1ccc(C(=O)O)cc1. The second-order valence-electron chi connectivity index (χ2n) is 5.02. The van der Waals surface area contributed by atoms with Gasteiger partial charge in [0.15, 0.2) is 0 Å². The van der Waals surface area contributed by atoms with E-state index in [0.717, 1.165) is 30.0 Å². The van der Waals surface area contributed by atoms with Crippen LogP contribution in [0.1, 0.15) is 29.3 Å². The Labute approximate surface area is 123 Å². The van der Waals surface area contributed by atoms with E-state index in [1.54, 1.807) is 24.3 Å². The zero-order valence-electron chi connectivity index (χ0n) is 11.5. The van der Waals surface area contributed by atoms with E-state index in [0.29, 0.717) is 6.42 Å². The van der Waals surface area contributed by atoms with E-state index in [2.05, 4.69) is 6.92 Å². The van der Waals surface area contributed by atoms with Gasteiger partial charge in [0.2, 0.25) is 5.91 Å². The fourth-order valence-corrected chi connectivity index (χ4v) is 3.34. The summed E-state index contributed by atoms with van der Waals surface area (Å²) in [5.74, 6) is 1.29. The Balaban J connectivity index is 2.01. The molecule has 0 aliphatic carbocycles. The summed E-state index contributed by atoms with van der Waals surface area (Å²) in [6.45, 7) is 2.90. The molecule has 1 heterocycles. The lowest BCUT2D eigenvalue weighted by Gasteiger charge is -2.27. The number of carboxylic acids is 1. The summed E-state index contributed by atoms with van der Waals surface area (Å²) in [5.41, 5.74) is 1.12. The van der Waals surface area contributed by atoms with Crippen LogP contribution in [0.25, 0.3) is 0 Å². The van der Waals surface area contributed by atoms with Crippen molar-refractivity contribution < 1.29 is 14.7 Å². The molecule has 1 amide bonds. The van der Waals surface area contributed by atoms with Gasteiger partial charge in [-0.1, -0.05) is 12.1 Å². The number of aromatic carboxylic acids is 1. The van der Waals surface area contributed by atoms with Crippen molar-refractivity contribution in [2.45, 2.75) is 25.8 Å². The van der Waals surface area contributed by atoms with Gasteiger partial charge < -0.3 is 10.0 Å². The molecule has 5 heteroatoms. The predicted octanol–water partition coefficient (Wildman–Crippen LogP) is 2.28. The molecule has 0 aromatic heterocycles. The standard InChI is InChI=1S/C15H19NO3S/c1-11-6-8-20-9-7-16(11)14(17)10-12-2-4-13(5-3-12)15(18)19/h2-5,11H,6-10H2,1H3,(H,18,19). The maximum Gasteiger partial charge on any atom is 0.335 e. The van der Waals surface area contributed by atoms with Crippen molar-refractivity contribution in [1.29, 1.82) is 0 Å². The van der Waals surface area contributed by atoms with Crippen LogP contribution in [-0.4, -0.2) is 46.0 Å².